The first kappa shape index (κ1) is 18.3. The number of esters is 1. The van der Waals surface area contributed by atoms with Crippen LogP contribution in [0.15, 0.2) is 11.6 Å². The Kier molecular flexibility index (Phi) is 6.21. The zero-order chi connectivity index (χ0) is 16.8. The topological polar surface area (TPSA) is 70.3 Å². The Morgan fingerprint density at radius 1 is 1.41 bits per heavy atom. The molecule has 1 saturated carbocycles. The number of nitriles is 1. The Hall–Kier alpha value is -1.78. The minimum atomic E-state index is -1.32. The van der Waals surface area contributed by atoms with Crippen molar-refractivity contribution in [2.75, 3.05) is 7.11 Å². The van der Waals surface area contributed by atoms with Gasteiger partial charge >= 0.3 is 5.97 Å². The number of hydrogen-bond acceptors (Lipinski definition) is 4. The van der Waals surface area contributed by atoms with Crippen molar-refractivity contribution in [3.63, 3.8) is 0 Å². The molecule has 1 N–H and O–H groups in total. The second-order valence-electron chi connectivity index (χ2n) is 5.77. The fourth-order valence-corrected chi connectivity index (χ4v) is 2.80. The van der Waals surface area contributed by atoms with Crippen molar-refractivity contribution in [3.05, 3.63) is 11.6 Å². The molecule has 120 valence electrons. The molecule has 22 heavy (non-hydrogen) atoms. The van der Waals surface area contributed by atoms with E-state index in [4.69, 9.17) is 0 Å². The zero-order valence-corrected chi connectivity index (χ0v) is 13.9. The van der Waals surface area contributed by atoms with Crippen LogP contribution in [0.1, 0.15) is 52.9 Å². The summed E-state index contributed by atoms with van der Waals surface area (Å²) in [6.07, 6.45) is 4.77. The molecule has 0 radical (unpaired) electrons. The summed E-state index contributed by atoms with van der Waals surface area (Å²) in [5, 5.41) is 20.6. The Morgan fingerprint density at radius 2 is 2.00 bits per heavy atom. The molecule has 1 aliphatic rings. The summed E-state index contributed by atoms with van der Waals surface area (Å²) in [4.78, 5) is 11.3. The maximum absolute atomic E-state index is 11.3. The molecule has 0 heterocycles. The number of hydrogen-bond donors (Lipinski definition) is 1. The van der Waals surface area contributed by atoms with Gasteiger partial charge < -0.3 is 9.84 Å². The summed E-state index contributed by atoms with van der Waals surface area (Å²) in [5.74, 6) is 5.34. The van der Waals surface area contributed by atoms with Gasteiger partial charge in [-0.1, -0.05) is 32.6 Å². The Labute approximate surface area is 133 Å². The lowest BCUT2D eigenvalue weighted by Gasteiger charge is -2.34. The van der Waals surface area contributed by atoms with E-state index >= 15 is 0 Å². The first-order valence-electron chi connectivity index (χ1n) is 7.88. The van der Waals surface area contributed by atoms with E-state index in [-0.39, 0.29) is 5.92 Å². The minimum Gasteiger partial charge on any atom is -0.466 e. The van der Waals surface area contributed by atoms with Crippen molar-refractivity contribution >= 4 is 5.97 Å². The first-order chi connectivity index (χ1) is 10.4. The summed E-state index contributed by atoms with van der Waals surface area (Å²) in [6, 6.07) is 2.27. The smallest absolute Gasteiger partial charge is 0.331 e. The molecule has 1 rings (SSSR count). The number of aliphatic hydroxyl groups is 1. The molecular weight excluding hydrogens is 278 g/mol. The van der Waals surface area contributed by atoms with Crippen LogP contribution in [0.4, 0.5) is 0 Å². The average Bonchev–Trinajstić information content (AvgIpc) is 3.33. The van der Waals surface area contributed by atoms with E-state index < -0.39 is 17.0 Å². The highest BCUT2D eigenvalue weighted by Crippen LogP contribution is 2.57. The van der Waals surface area contributed by atoms with Gasteiger partial charge in [0.1, 0.15) is 5.60 Å². The quantitative estimate of drug-likeness (QED) is 0.465. The van der Waals surface area contributed by atoms with E-state index in [1.807, 2.05) is 20.8 Å². The van der Waals surface area contributed by atoms with Gasteiger partial charge in [0.15, 0.2) is 0 Å². The molecule has 1 fully saturated rings. The molecule has 4 nitrogen and oxygen atoms in total. The number of allylic oxidation sites excluding steroid dienone is 1. The van der Waals surface area contributed by atoms with Gasteiger partial charge in [0.05, 0.1) is 18.6 Å². The highest BCUT2D eigenvalue weighted by atomic mass is 16.5. The Balaban J connectivity index is 3.22. The molecule has 0 bridgehead atoms. The second kappa shape index (κ2) is 7.47. The summed E-state index contributed by atoms with van der Waals surface area (Å²) in [5.41, 5.74) is -1.49. The maximum Gasteiger partial charge on any atom is 0.331 e. The first-order valence-corrected chi connectivity index (χ1v) is 7.88. The fraction of sp³-hybridized carbons (Fsp3) is 0.667. The van der Waals surface area contributed by atoms with Crippen LogP contribution in [0.2, 0.25) is 0 Å². The van der Waals surface area contributed by atoms with E-state index in [1.54, 1.807) is 0 Å². The van der Waals surface area contributed by atoms with Crippen molar-refractivity contribution in [1.82, 2.24) is 0 Å². The van der Waals surface area contributed by atoms with Crippen LogP contribution in [0, 0.1) is 34.5 Å². The molecule has 1 aliphatic carbocycles. The van der Waals surface area contributed by atoms with E-state index in [0.717, 1.165) is 12.8 Å². The number of carbonyl (C=O) groups excluding carboxylic acids is 1. The lowest BCUT2D eigenvalue weighted by Crippen LogP contribution is -2.44. The molecule has 0 aromatic rings. The summed E-state index contributed by atoms with van der Waals surface area (Å²) < 4.78 is 4.61. The van der Waals surface area contributed by atoms with Gasteiger partial charge in [0.25, 0.3) is 0 Å². The molecule has 0 saturated heterocycles. The molecule has 0 spiro atoms. The predicted octanol–water partition coefficient (Wildman–Crippen LogP) is 2.97. The van der Waals surface area contributed by atoms with E-state index in [1.165, 1.54) is 13.2 Å². The molecule has 0 aliphatic heterocycles. The molecular formula is C18H25NO3. The lowest BCUT2D eigenvalue weighted by atomic mass is 9.73. The normalized spacial score (nSPS) is 18.7. The average molecular weight is 303 g/mol. The molecule has 4 heteroatoms. The van der Waals surface area contributed by atoms with Gasteiger partial charge in [-0.15, -0.1) is 0 Å². The van der Waals surface area contributed by atoms with Crippen LogP contribution < -0.4 is 0 Å². The van der Waals surface area contributed by atoms with Gasteiger partial charge in [0, 0.05) is 17.6 Å². The number of carbonyl (C=O) groups is 1. The number of methoxy groups -OCH3 is 1. The number of nitrogens with zero attached hydrogens (tertiary/aromatic N) is 1. The third-order valence-electron chi connectivity index (χ3n) is 4.56. The lowest BCUT2D eigenvalue weighted by molar-refractivity contribution is -0.134. The van der Waals surface area contributed by atoms with Gasteiger partial charge in [-0.25, -0.2) is 4.79 Å². The molecule has 0 aromatic carbocycles. The van der Waals surface area contributed by atoms with Crippen LogP contribution in [-0.4, -0.2) is 23.8 Å². The van der Waals surface area contributed by atoms with Crippen LogP contribution in [0.25, 0.3) is 0 Å². The molecule has 1 atom stereocenters. The molecule has 1 unspecified atom stereocenters. The van der Waals surface area contributed by atoms with Crippen LogP contribution in [-0.2, 0) is 9.53 Å². The van der Waals surface area contributed by atoms with Gasteiger partial charge in [-0.2, -0.15) is 5.26 Å². The van der Waals surface area contributed by atoms with Gasteiger partial charge in [0.2, 0.25) is 0 Å². The molecule has 0 aromatic heterocycles. The van der Waals surface area contributed by atoms with E-state index in [2.05, 4.69) is 22.6 Å². The van der Waals surface area contributed by atoms with Gasteiger partial charge in [-0.3, -0.25) is 0 Å². The van der Waals surface area contributed by atoms with Crippen molar-refractivity contribution in [2.24, 2.45) is 11.3 Å². The third-order valence-corrected chi connectivity index (χ3v) is 4.56. The van der Waals surface area contributed by atoms with Crippen LogP contribution in [0.5, 0.6) is 0 Å². The van der Waals surface area contributed by atoms with E-state index in [0.29, 0.717) is 24.8 Å². The summed E-state index contributed by atoms with van der Waals surface area (Å²) >= 11 is 0. The Bertz CT molecular complexity index is 539. The summed E-state index contributed by atoms with van der Waals surface area (Å²) in [7, 11) is 1.31. The van der Waals surface area contributed by atoms with Crippen molar-refractivity contribution in [2.45, 2.75) is 58.5 Å². The minimum absolute atomic E-state index is 0.0571. The fourth-order valence-electron chi connectivity index (χ4n) is 2.80. The highest BCUT2D eigenvalue weighted by molar-refractivity contribution is 5.83. The van der Waals surface area contributed by atoms with E-state index in [9.17, 15) is 15.2 Å². The number of rotatable bonds is 6. The van der Waals surface area contributed by atoms with Crippen molar-refractivity contribution in [1.29, 1.82) is 5.26 Å². The predicted molar refractivity (Wildman–Crippen MR) is 84.5 cm³/mol. The van der Waals surface area contributed by atoms with Gasteiger partial charge in [-0.05, 0) is 32.1 Å². The van der Waals surface area contributed by atoms with Crippen molar-refractivity contribution in [3.8, 4) is 17.9 Å². The summed E-state index contributed by atoms with van der Waals surface area (Å²) in [6.45, 7) is 5.88. The van der Waals surface area contributed by atoms with Crippen LogP contribution >= 0.6 is 0 Å². The highest BCUT2D eigenvalue weighted by Gasteiger charge is 2.61. The number of ether oxygens (including phenoxy) is 1. The second-order valence-corrected chi connectivity index (χ2v) is 5.77. The standard InChI is InChI=1S/C18H25NO3/c1-5-14(12-16(20)22-4)8-9-18(21,15(6-2)7-3)17(13-19)10-11-17/h12,15,21H,5-7,10-11H2,1-4H3/b14-12-. The molecule has 0 amide bonds. The van der Waals surface area contributed by atoms with Crippen molar-refractivity contribution < 1.29 is 14.6 Å². The third kappa shape index (κ3) is 3.51. The monoisotopic (exact) mass is 303 g/mol. The Morgan fingerprint density at radius 3 is 2.36 bits per heavy atom. The maximum atomic E-state index is 11.3. The zero-order valence-electron chi connectivity index (χ0n) is 13.9. The van der Waals surface area contributed by atoms with Crippen LogP contribution in [0.3, 0.4) is 0 Å². The SMILES string of the molecule is CC/C(C#CC(O)(C(CC)CC)C1(C#N)CC1)=C/C(=O)OC. The largest absolute Gasteiger partial charge is 0.466 e.